The fourth-order valence-corrected chi connectivity index (χ4v) is 3.50. The van der Waals surface area contributed by atoms with Crippen LogP contribution >= 0.6 is 22.6 Å². The Kier molecular flexibility index (Phi) is 4.52. The third-order valence-corrected chi connectivity index (χ3v) is 5.23. The molecule has 0 spiro atoms. The van der Waals surface area contributed by atoms with Crippen LogP contribution in [-0.4, -0.2) is 13.0 Å². The maximum Gasteiger partial charge on any atom is 0.295 e. The van der Waals surface area contributed by atoms with Gasteiger partial charge < -0.3 is 5.73 Å². The van der Waals surface area contributed by atoms with Crippen LogP contribution in [0.4, 0.5) is 17.1 Å². The molecular formula is C16H12IN3O3S. The summed E-state index contributed by atoms with van der Waals surface area (Å²) in [5, 5.41) is 9.04. The van der Waals surface area contributed by atoms with Crippen molar-refractivity contribution in [3.8, 4) is 0 Å². The summed E-state index contributed by atoms with van der Waals surface area (Å²) in [6.45, 7) is 0. The van der Waals surface area contributed by atoms with Gasteiger partial charge in [-0.2, -0.15) is 8.42 Å². The van der Waals surface area contributed by atoms with E-state index in [1.54, 1.807) is 30.3 Å². The van der Waals surface area contributed by atoms with Crippen LogP contribution in [0.3, 0.4) is 0 Å². The molecule has 0 bridgehead atoms. The monoisotopic (exact) mass is 453 g/mol. The molecule has 3 aromatic rings. The van der Waals surface area contributed by atoms with Crippen LogP contribution in [0.25, 0.3) is 10.8 Å². The number of rotatable bonds is 3. The summed E-state index contributed by atoms with van der Waals surface area (Å²) < 4.78 is 33.7. The van der Waals surface area contributed by atoms with Gasteiger partial charge in [0, 0.05) is 14.3 Å². The first kappa shape index (κ1) is 16.8. The van der Waals surface area contributed by atoms with Gasteiger partial charge >= 0.3 is 0 Å². The standard InChI is InChI=1S/C16H12IN3O3S/c17-12-7-3-4-8-13(12)19-20-14-9-15(24(21,22)23)10-5-1-2-6-11(10)16(14)18/h1-9H,18H2,(H,21,22,23). The molecule has 122 valence electrons. The minimum absolute atomic E-state index is 0.181. The average molecular weight is 453 g/mol. The van der Waals surface area contributed by atoms with Crippen molar-refractivity contribution < 1.29 is 13.0 Å². The van der Waals surface area contributed by atoms with E-state index in [4.69, 9.17) is 5.73 Å². The summed E-state index contributed by atoms with van der Waals surface area (Å²) in [7, 11) is -4.42. The maximum atomic E-state index is 11.7. The molecule has 0 aliphatic rings. The molecule has 0 saturated carbocycles. The molecule has 0 aromatic heterocycles. The van der Waals surface area contributed by atoms with E-state index in [1.165, 1.54) is 6.07 Å². The zero-order valence-electron chi connectivity index (χ0n) is 12.2. The quantitative estimate of drug-likeness (QED) is 0.260. The first-order chi connectivity index (χ1) is 11.4. The summed E-state index contributed by atoms with van der Waals surface area (Å²) in [4.78, 5) is -0.246. The fraction of sp³-hybridized carbons (Fsp3) is 0. The number of hydrogen-bond donors (Lipinski definition) is 2. The number of hydrogen-bond acceptors (Lipinski definition) is 5. The molecule has 0 aliphatic carbocycles. The van der Waals surface area contributed by atoms with Gasteiger partial charge in [0.25, 0.3) is 10.1 Å². The Labute approximate surface area is 152 Å². The Morgan fingerprint density at radius 3 is 2.17 bits per heavy atom. The van der Waals surface area contributed by atoms with Crippen molar-refractivity contribution in [3.63, 3.8) is 0 Å². The van der Waals surface area contributed by atoms with Crippen LogP contribution in [0.1, 0.15) is 0 Å². The molecule has 8 heteroatoms. The lowest BCUT2D eigenvalue weighted by atomic mass is 10.1. The molecule has 3 rings (SSSR count). The van der Waals surface area contributed by atoms with Crippen molar-refractivity contribution in [2.45, 2.75) is 4.90 Å². The predicted molar refractivity (Wildman–Crippen MR) is 102 cm³/mol. The van der Waals surface area contributed by atoms with Gasteiger partial charge in [-0.3, -0.25) is 4.55 Å². The van der Waals surface area contributed by atoms with E-state index in [2.05, 4.69) is 32.8 Å². The number of azo groups is 1. The third kappa shape index (κ3) is 3.25. The molecule has 0 saturated heterocycles. The van der Waals surface area contributed by atoms with Crippen molar-refractivity contribution in [3.05, 3.63) is 58.2 Å². The average Bonchev–Trinajstić information content (AvgIpc) is 2.54. The summed E-state index contributed by atoms with van der Waals surface area (Å²) in [5.41, 5.74) is 7.22. The highest BCUT2D eigenvalue weighted by molar-refractivity contribution is 14.1. The second-order valence-electron chi connectivity index (χ2n) is 4.98. The Morgan fingerprint density at radius 1 is 0.917 bits per heavy atom. The van der Waals surface area contributed by atoms with Crippen LogP contribution in [0.2, 0.25) is 0 Å². The van der Waals surface area contributed by atoms with Gasteiger partial charge in [-0.1, -0.05) is 36.4 Å². The summed E-state index contributed by atoms with van der Waals surface area (Å²) >= 11 is 2.12. The van der Waals surface area contributed by atoms with Crippen molar-refractivity contribution >= 4 is 60.5 Å². The Balaban J connectivity index is 2.22. The lowest BCUT2D eigenvalue weighted by Gasteiger charge is -2.09. The van der Waals surface area contributed by atoms with Crippen LogP contribution in [0.5, 0.6) is 0 Å². The minimum atomic E-state index is -4.42. The molecule has 3 N–H and O–H groups in total. The van der Waals surface area contributed by atoms with E-state index >= 15 is 0 Å². The number of anilines is 1. The number of halogens is 1. The molecule has 0 amide bonds. The van der Waals surface area contributed by atoms with Crippen molar-refractivity contribution in [1.82, 2.24) is 0 Å². The lowest BCUT2D eigenvalue weighted by molar-refractivity contribution is 0.484. The molecule has 0 atom stereocenters. The minimum Gasteiger partial charge on any atom is -0.396 e. The highest BCUT2D eigenvalue weighted by atomic mass is 127. The number of nitrogen functional groups attached to an aromatic ring is 1. The molecule has 0 unspecified atom stereocenters. The Bertz CT molecular complexity index is 1070. The highest BCUT2D eigenvalue weighted by Crippen LogP contribution is 2.37. The van der Waals surface area contributed by atoms with Crippen LogP contribution in [0.15, 0.2) is 69.7 Å². The molecule has 0 radical (unpaired) electrons. The van der Waals surface area contributed by atoms with Crippen LogP contribution in [0, 0.1) is 3.57 Å². The molecule has 0 fully saturated rings. The molecule has 3 aromatic carbocycles. The van der Waals surface area contributed by atoms with Gasteiger partial charge in [0.15, 0.2) is 0 Å². The van der Waals surface area contributed by atoms with Gasteiger partial charge in [-0.15, -0.1) is 10.2 Å². The number of benzene rings is 3. The largest absolute Gasteiger partial charge is 0.396 e. The fourth-order valence-electron chi connectivity index (χ4n) is 2.29. The van der Waals surface area contributed by atoms with E-state index < -0.39 is 10.1 Å². The van der Waals surface area contributed by atoms with E-state index in [1.807, 2.05) is 18.2 Å². The normalized spacial score (nSPS) is 12.1. The molecule has 6 nitrogen and oxygen atoms in total. The zero-order valence-corrected chi connectivity index (χ0v) is 15.2. The summed E-state index contributed by atoms with van der Waals surface area (Å²) in [5.74, 6) is 0. The molecular weight excluding hydrogens is 441 g/mol. The second kappa shape index (κ2) is 6.46. The van der Waals surface area contributed by atoms with Gasteiger partial charge in [-0.25, -0.2) is 0 Å². The van der Waals surface area contributed by atoms with E-state index in [9.17, 15) is 13.0 Å². The van der Waals surface area contributed by atoms with Crippen molar-refractivity contribution in [1.29, 1.82) is 0 Å². The molecule has 24 heavy (non-hydrogen) atoms. The van der Waals surface area contributed by atoms with Crippen LogP contribution < -0.4 is 5.73 Å². The SMILES string of the molecule is Nc1c(N=Nc2ccccc2I)cc(S(=O)(=O)O)c2ccccc12. The number of fused-ring (bicyclic) bond motifs is 1. The smallest absolute Gasteiger partial charge is 0.295 e. The van der Waals surface area contributed by atoms with E-state index in [0.29, 0.717) is 22.1 Å². The molecule has 0 heterocycles. The van der Waals surface area contributed by atoms with E-state index in [-0.39, 0.29) is 10.6 Å². The van der Waals surface area contributed by atoms with Crippen molar-refractivity contribution in [2.24, 2.45) is 10.2 Å². The topological polar surface area (TPSA) is 105 Å². The van der Waals surface area contributed by atoms with E-state index in [0.717, 1.165) is 3.57 Å². The first-order valence-electron chi connectivity index (χ1n) is 6.83. The lowest BCUT2D eigenvalue weighted by Crippen LogP contribution is -2.01. The number of nitrogens with zero attached hydrogens (tertiary/aromatic N) is 2. The van der Waals surface area contributed by atoms with Gasteiger partial charge in [0.1, 0.15) is 10.6 Å². The predicted octanol–water partition coefficient (Wildman–Crippen LogP) is 4.69. The number of nitrogens with two attached hydrogens (primary N) is 1. The summed E-state index contributed by atoms with van der Waals surface area (Å²) in [6, 6.07) is 15.2. The second-order valence-corrected chi connectivity index (χ2v) is 7.53. The first-order valence-corrected chi connectivity index (χ1v) is 9.35. The highest BCUT2D eigenvalue weighted by Gasteiger charge is 2.18. The maximum absolute atomic E-state index is 11.7. The Hall–Kier alpha value is -2.04. The van der Waals surface area contributed by atoms with Gasteiger partial charge in [0.2, 0.25) is 0 Å². The zero-order chi connectivity index (χ0) is 17.3. The van der Waals surface area contributed by atoms with Gasteiger partial charge in [0.05, 0.1) is 11.4 Å². The van der Waals surface area contributed by atoms with Crippen molar-refractivity contribution in [2.75, 3.05) is 5.73 Å². The van der Waals surface area contributed by atoms with Gasteiger partial charge in [-0.05, 0) is 40.8 Å². The summed E-state index contributed by atoms with van der Waals surface area (Å²) in [6.07, 6.45) is 0. The van der Waals surface area contributed by atoms with Crippen LogP contribution in [-0.2, 0) is 10.1 Å². The third-order valence-electron chi connectivity index (χ3n) is 3.42. The Morgan fingerprint density at radius 2 is 1.50 bits per heavy atom. The molecule has 0 aliphatic heterocycles.